The van der Waals surface area contributed by atoms with Crippen LogP contribution in [0.5, 0.6) is 0 Å². The second kappa shape index (κ2) is 9.24. The smallest absolute Gasteiger partial charge is 0.165 e. The molecule has 0 amide bonds. The Morgan fingerprint density at radius 3 is 2.43 bits per heavy atom. The van der Waals surface area contributed by atoms with Crippen LogP contribution in [-0.4, -0.2) is 76.8 Å². The van der Waals surface area contributed by atoms with Gasteiger partial charge in [0.2, 0.25) is 0 Å². The molecule has 1 aliphatic rings. The van der Waals surface area contributed by atoms with Gasteiger partial charge in [-0.1, -0.05) is 26.0 Å². The zero-order valence-electron chi connectivity index (χ0n) is 17.8. The Kier molecular flexibility index (Phi) is 6.26. The summed E-state index contributed by atoms with van der Waals surface area (Å²) in [6.45, 7) is 13.1. The number of likely N-dealkylation sites (N-methyl/N-ethyl adjacent to an activating group) is 1. The van der Waals surface area contributed by atoms with Gasteiger partial charge in [-0.15, -0.1) is 0 Å². The molecule has 7 nitrogen and oxygen atoms in total. The molecular weight excluding hydrogens is 374 g/mol. The fourth-order valence-corrected chi connectivity index (χ4v) is 4.07. The molecule has 0 bridgehead atoms. The van der Waals surface area contributed by atoms with E-state index in [0.29, 0.717) is 5.56 Å². The fraction of sp³-hybridized carbons (Fsp3) is 0.435. The second-order valence-electron chi connectivity index (χ2n) is 7.64. The van der Waals surface area contributed by atoms with Gasteiger partial charge in [-0.3, -0.25) is 4.90 Å². The Morgan fingerprint density at radius 2 is 1.77 bits per heavy atom. The van der Waals surface area contributed by atoms with E-state index < -0.39 is 0 Å². The van der Waals surface area contributed by atoms with Gasteiger partial charge < -0.3 is 9.80 Å². The maximum absolute atomic E-state index is 9.03. The summed E-state index contributed by atoms with van der Waals surface area (Å²) in [7, 11) is 0. The van der Waals surface area contributed by atoms with E-state index >= 15 is 0 Å². The van der Waals surface area contributed by atoms with E-state index in [1.165, 1.54) is 0 Å². The van der Waals surface area contributed by atoms with Gasteiger partial charge in [0.05, 0.1) is 17.8 Å². The van der Waals surface area contributed by atoms with E-state index in [4.69, 9.17) is 5.26 Å². The zero-order chi connectivity index (χ0) is 20.9. The number of hydrogen-bond acceptors (Lipinski definition) is 6. The summed E-state index contributed by atoms with van der Waals surface area (Å²) in [5, 5.41) is 13.7. The molecule has 0 spiro atoms. The molecule has 0 saturated carbocycles. The highest BCUT2D eigenvalue weighted by Crippen LogP contribution is 2.26. The van der Waals surface area contributed by atoms with E-state index in [9.17, 15) is 0 Å². The second-order valence-corrected chi connectivity index (χ2v) is 7.64. The first-order valence-electron chi connectivity index (χ1n) is 10.8. The maximum atomic E-state index is 9.03. The summed E-state index contributed by atoms with van der Waals surface area (Å²) in [6.07, 6.45) is 3.74. The minimum Gasteiger partial charge on any atom is -0.354 e. The number of piperazine rings is 1. The minimum atomic E-state index is 0.655. The third-order valence-corrected chi connectivity index (χ3v) is 6.03. The van der Waals surface area contributed by atoms with E-state index in [1.807, 2.05) is 47.2 Å². The normalized spacial score (nSPS) is 15.1. The largest absolute Gasteiger partial charge is 0.354 e. The molecular formula is C23H29N7. The van der Waals surface area contributed by atoms with Crippen molar-refractivity contribution in [3.8, 4) is 17.2 Å². The lowest BCUT2D eigenvalue weighted by molar-refractivity contribution is 0.205. The molecule has 4 rings (SSSR count). The van der Waals surface area contributed by atoms with Crippen LogP contribution in [0.15, 0.2) is 42.7 Å². The van der Waals surface area contributed by atoms with Crippen LogP contribution in [-0.2, 0) is 0 Å². The van der Waals surface area contributed by atoms with E-state index in [-0.39, 0.29) is 0 Å². The minimum absolute atomic E-state index is 0.655. The lowest BCUT2D eigenvalue weighted by atomic mass is 10.1. The van der Waals surface area contributed by atoms with E-state index in [1.54, 1.807) is 0 Å². The molecule has 1 aliphatic heterocycles. The highest BCUT2D eigenvalue weighted by molar-refractivity contribution is 5.78. The van der Waals surface area contributed by atoms with Crippen molar-refractivity contribution in [1.82, 2.24) is 24.4 Å². The summed E-state index contributed by atoms with van der Waals surface area (Å²) in [4.78, 5) is 12.0. The number of nitriles is 1. The number of benzene rings is 1. The molecule has 0 atom stereocenters. The quantitative estimate of drug-likeness (QED) is 0.604. The van der Waals surface area contributed by atoms with E-state index in [0.717, 1.165) is 74.9 Å². The summed E-state index contributed by atoms with van der Waals surface area (Å²) in [6, 6.07) is 11.8. The molecule has 0 aliphatic carbocycles. The Hall–Kier alpha value is -2.95. The van der Waals surface area contributed by atoms with Crippen LogP contribution in [0.3, 0.4) is 0 Å². The molecule has 30 heavy (non-hydrogen) atoms. The third-order valence-electron chi connectivity index (χ3n) is 6.03. The van der Waals surface area contributed by atoms with Crippen LogP contribution in [0.1, 0.15) is 19.4 Å². The average molecular weight is 404 g/mol. The van der Waals surface area contributed by atoms with Crippen molar-refractivity contribution in [3.05, 3.63) is 48.3 Å². The van der Waals surface area contributed by atoms with Gasteiger partial charge in [-0.2, -0.15) is 14.9 Å². The van der Waals surface area contributed by atoms with Crippen LogP contribution < -0.4 is 4.90 Å². The molecule has 1 aromatic carbocycles. The predicted molar refractivity (Wildman–Crippen MR) is 120 cm³/mol. The van der Waals surface area contributed by atoms with Crippen LogP contribution in [0.2, 0.25) is 0 Å². The van der Waals surface area contributed by atoms with Gasteiger partial charge >= 0.3 is 0 Å². The maximum Gasteiger partial charge on any atom is 0.165 e. The van der Waals surface area contributed by atoms with Gasteiger partial charge in [-0.25, -0.2) is 4.98 Å². The first kappa shape index (κ1) is 20.3. The van der Waals surface area contributed by atoms with Crippen LogP contribution in [0, 0.1) is 11.3 Å². The van der Waals surface area contributed by atoms with Gasteiger partial charge in [0, 0.05) is 51.0 Å². The Labute approximate surface area is 178 Å². The van der Waals surface area contributed by atoms with Gasteiger partial charge in [-0.05, 0) is 36.9 Å². The standard InChI is InChI=1S/C23H29N7/c1-3-27(4-2)11-12-28-13-15-29(16-14-28)22-9-10-25-23-21(18-26-30(22)23)20-7-5-19(17-24)6-8-20/h5-10,18H,3-4,11-16H2,1-2H3. The van der Waals surface area contributed by atoms with Gasteiger partial charge in [0.25, 0.3) is 0 Å². The highest BCUT2D eigenvalue weighted by Gasteiger charge is 2.20. The zero-order valence-corrected chi connectivity index (χ0v) is 17.8. The highest BCUT2D eigenvalue weighted by atomic mass is 15.4. The van der Waals surface area contributed by atoms with Crippen molar-refractivity contribution in [1.29, 1.82) is 5.26 Å². The predicted octanol–water partition coefficient (Wildman–Crippen LogP) is 2.73. The number of hydrogen-bond donors (Lipinski definition) is 0. The lowest BCUT2D eigenvalue weighted by Gasteiger charge is -2.36. The monoisotopic (exact) mass is 403 g/mol. The Morgan fingerprint density at radius 1 is 1.03 bits per heavy atom. The molecule has 156 valence electrons. The molecule has 1 fully saturated rings. The summed E-state index contributed by atoms with van der Waals surface area (Å²) < 4.78 is 1.94. The molecule has 2 aromatic heterocycles. The van der Waals surface area contributed by atoms with Crippen molar-refractivity contribution in [3.63, 3.8) is 0 Å². The molecule has 0 N–H and O–H groups in total. The van der Waals surface area contributed by atoms with Crippen molar-refractivity contribution in [2.24, 2.45) is 0 Å². The first-order chi connectivity index (χ1) is 14.7. The van der Waals surface area contributed by atoms with Crippen LogP contribution >= 0.6 is 0 Å². The van der Waals surface area contributed by atoms with Crippen molar-refractivity contribution in [2.75, 3.05) is 57.3 Å². The third kappa shape index (κ3) is 4.16. The number of aromatic nitrogens is 3. The van der Waals surface area contributed by atoms with Crippen molar-refractivity contribution >= 4 is 11.5 Å². The van der Waals surface area contributed by atoms with E-state index in [2.05, 4.69) is 44.7 Å². The molecule has 3 aromatic rings. The number of rotatable bonds is 7. The van der Waals surface area contributed by atoms with Crippen molar-refractivity contribution < 1.29 is 0 Å². The molecule has 0 unspecified atom stereocenters. The fourth-order valence-electron chi connectivity index (χ4n) is 4.07. The van der Waals surface area contributed by atoms with Crippen molar-refractivity contribution in [2.45, 2.75) is 13.8 Å². The Bertz CT molecular complexity index is 1010. The topological polar surface area (TPSA) is 63.7 Å². The summed E-state index contributed by atoms with van der Waals surface area (Å²) in [5.41, 5.74) is 3.51. The number of fused-ring (bicyclic) bond motifs is 1. The number of nitrogens with zero attached hydrogens (tertiary/aromatic N) is 7. The number of anilines is 1. The van der Waals surface area contributed by atoms with Crippen LogP contribution in [0.25, 0.3) is 16.8 Å². The Balaban J connectivity index is 1.48. The van der Waals surface area contributed by atoms with Gasteiger partial charge in [0.15, 0.2) is 5.65 Å². The van der Waals surface area contributed by atoms with Gasteiger partial charge in [0.1, 0.15) is 5.82 Å². The molecule has 7 heteroatoms. The molecule has 0 radical (unpaired) electrons. The molecule has 1 saturated heterocycles. The SMILES string of the molecule is CCN(CC)CCN1CCN(c2ccnc3c(-c4ccc(C#N)cc4)cnn23)CC1. The lowest BCUT2D eigenvalue weighted by Crippen LogP contribution is -2.49. The summed E-state index contributed by atoms with van der Waals surface area (Å²) in [5.74, 6) is 1.09. The first-order valence-corrected chi connectivity index (χ1v) is 10.8. The summed E-state index contributed by atoms with van der Waals surface area (Å²) >= 11 is 0. The molecule has 3 heterocycles. The van der Waals surface area contributed by atoms with Crippen LogP contribution in [0.4, 0.5) is 5.82 Å². The average Bonchev–Trinajstić information content (AvgIpc) is 3.24.